The molecule has 1 heterocycles. The number of hydrogen-bond acceptors (Lipinski definition) is 3. The summed E-state index contributed by atoms with van der Waals surface area (Å²) < 4.78 is 0. The number of hydrogen-bond donors (Lipinski definition) is 1. The zero-order valence-electron chi connectivity index (χ0n) is 4.92. The van der Waals surface area contributed by atoms with E-state index >= 15 is 0 Å². The van der Waals surface area contributed by atoms with Crippen LogP contribution in [0.1, 0.15) is 6.92 Å². The molecule has 0 atom stereocenters. The van der Waals surface area contributed by atoms with Crippen LogP contribution in [-0.4, -0.2) is 10.9 Å². The van der Waals surface area contributed by atoms with Gasteiger partial charge in [-0.15, -0.1) is 11.3 Å². The summed E-state index contributed by atoms with van der Waals surface area (Å²) >= 11 is 1.46. The number of anilines is 1. The van der Waals surface area contributed by atoms with Gasteiger partial charge in [0.1, 0.15) is 5.82 Å². The Morgan fingerprint density at radius 2 is 2.67 bits per heavy atom. The largest absolute Gasteiger partial charge is 0.310 e. The van der Waals surface area contributed by atoms with Crippen LogP contribution in [-0.2, 0) is 4.79 Å². The summed E-state index contributed by atoms with van der Waals surface area (Å²) in [6.07, 6.45) is 0. The van der Waals surface area contributed by atoms with Gasteiger partial charge in [-0.1, -0.05) is 0 Å². The van der Waals surface area contributed by atoms with E-state index in [0.29, 0.717) is 5.82 Å². The lowest BCUT2D eigenvalue weighted by atomic mass is 10.6. The maximum absolute atomic E-state index is 10.4. The summed E-state index contributed by atoms with van der Waals surface area (Å²) in [6, 6.07) is 0. The Morgan fingerprint density at radius 3 is 3.11 bits per heavy atom. The van der Waals surface area contributed by atoms with E-state index in [4.69, 9.17) is 0 Å². The molecule has 0 radical (unpaired) electrons. The lowest BCUT2D eigenvalue weighted by Crippen LogP contribution is -2.05. The SMILES string of the molecule is CC(=O)Nc1cscn1. The van der Waals surface area contributed by atoms with Crippen molar-refractivity contribution in [2.75, 3.05) is 5.32 Å². The van der Waals surface area contributed by atoms with E-state index in [1.165, 1.54) is 18.3 Å². The number of nitrogens with one attached hydrogen (secondary N) is 1. The number of carbonyl (C=O) groups is 1. The number of rotatable bonds is 1. The Kier molecular flexibility index (Phi) is 1.79. The van der Waals surface area contributed by atoms with Crippen molar-refractivity contribution in [2.24, 2.45) is 0 Å². The standard InChI is InChI=1S/C5H6N2OS/c1-4(8)7-5-2-9-3-6-5/h2-3H,1H3,(H,7,8). The van der Waals surface area contributed by atoms with Gasteiger partial charge in [-0.3, -0.25) is 4.79 Å². The van der Waals surface area contributed by atoms with Gasteiger partial charge in [0.05, 0.1) is 5.51 Å². The van der Waals surface area contributed by atoms with Crippen molar-refractivity contribution < 1.29 is 4.79 Å². The van der Waals surface area contributed by atoms with Crippen LogP contribution in [0.3, 0.4) is 0 Å². The van der Waals surface area contributed by atoms with Crippen LogP contribution in [0.25, 0.3) is 0 Å². The van der Waals surface area contributed by atoms with Gasteiger partial charge in [-0.25, -0.2) is 4.98 Å². The van der Waals surface area contributed by atoms with E-state index in [0.717, 1.165) is 0 Å². The van der Waals surface area contributed by atoms with Crippen LogP contribution in [0.5, 0.6) is 0 Å². The molecule has 1 rings (SSSR count). The zero-order chi connectivity index (χ0) is 6.69. The van der Waals surface area contributed by atoms with E-state index in [-0.39, 0.29) is 5.91 Å². The summed E-state index contributed by atoms with van der Waals surface area (Å²) in [4.78, 5) is 14.2. The average Bonchev–Trinajstić information content (AvgIpc) is 2.15. The van der Waals surface area contributed by atoms with Crippen LogP contribution in [0.4, 0.5) is 5.82 Å². The first-order valence-electron chi connectivity index (χ1n) is 2.45. The molecule has 0 bridgehead atoms. The highest BCUT2D eigenvalue weighted by Crippen LogP contribution is 2.05. The summed E-state index contributed by atoms with van der Waals surface area (Å²) in [5.41, 5.74) is 1.67. The van der Waals surface area contributed by atoms with Crippen molar-refractivity contribution in [1.82, 2.24) is 4.98 Å². The van der Waals surface area contributed by atoms with Crippen molar-refractivity contribution in [1.29, 1.82) is 0 Å². The van der Waals surface area contributed by atoms with Crippen LogP contribution in [0.15, 0.2) is 10.9 Å². The first-order chi connectivity index (χ1) is 4.29. The van der Waals surface area contributed by atoms with Gasteiger partial charge in [0, 0.05) is 12.3 Å². The fourth-order valence-corrected chi connectivity index (χ4v) is 0.939. The van der Waals surface area contributed by atoms with Crippen LogP contribution in [0, 0.1) is 0 Å². The second-order valence-electron chi connectivity index (χ2n) is 1.55. The van der Waals surface area contributed by atoms with Gasteiger partial charge in [0.25, 0.3) is 0 Å². The van der Waals surface area contributed by atoms with Gasteiger partial charge < -0.3 is 5.32 Å². The zero-order valence-corrected chi connectivity index (χ0v) is 5.73. The predicted molar refractivity (Wildman–Crippen MR) is 36.4 cm³/mol. The monoisotopic (exact) mass is 142 g/mol. The second kappa shape index (κ2) is 2.59. The molecule has 1 aromatic rings. The first-order valence-corrected chi connectivity index (χ1v) is 3.39. The maximum Gasteiger partial charge on any atom is 0.222 e. The molecule has 1 amide bonds. The van der Waals surface area contributed by atoms with Crippen molar-refractivity contribution in [3.05, 3.63) is 10.9 Å². The Labute approximate surface area is 56.7 Å². The van der Waals surface area contributed by atoms with Crippen LogP contribution in [0.2, 0.25) is 0 Å². The third-order valence-electron chi connectivity index (χ3n) is 0.736. The first kappa shape index (κ1) is 6.22. The number of aromatic nitrogens is 1. The molecule has 0 saturated heterocycles. The molecule has 48 valence electrons. The summed E-state index contributed by atoms with van der Waals surface area (Å²) in [7, 11) is 0. The highest BCUT2D eigenvalue weighted by molar-refractivity contribution is 7.07. The minimum Gasteiger partial charge on any atom is -0.310 e. The third kappa shape index (κ3) is 1.81. The minimum absolute atomic E-state index is 0.0825. The van der Waals surface area contributed by atoms with E-state index < -0.39 is 0 Å². The molecule has 9 heavy (non-hydrogen) atoms. The Morgan fingerprint density at radius 1 is 1.89 bits per heavy atom. The quantitative estimate of drug-likeness (QED) is 0.638. The number of nitrogens with zero attached hydrogens (tertiary/aromatic N) is 1. The molecular weight excluding hydrogens is 136 g/mol. The topological polar surface area (TPSA) is 42.0 Å². The van der Waals surface area contributed by atoms with Crippen molar-refractivity contribution in [3.63, 3.8) is 0 Å². The van der Waals surface area contributed by atoms with Crippen molar-refractivity contribution in [3.8, 4) is 0 Å². The van der Waals surface area contributed by atoms with Gasteiger partial charge in [0.15, 0.2) is 0 Å². The summed E-state index contributed by atoms with van der Waals surface area (Å²) in [6.45, 7) is 1.46. The molecule has 3 nitrogen and oxygen atoms in total. The minimum atomic E-state index is -0.0825. The highest BCUT2D eigenvalue weighted by atomic mass is 32.1. The van der Waals surface area contributed by atoms with Gasteiger partial charge in [-0.05, 0) is 0 Å². The third-order valence-corrected chi connectivity index (χ3v) is 1.32. The van der Waals surface area contributed by atoms with Crippen LogP contribution >= 0.6 is 11.3 Å². The molecule has 0 aliphatic carbocycles. The molecule has 1 aromatic heterocycles. The lowest BCUT2D eigenvalue weighted by molar-refractivity contribution is -0.114. The van der Waals surface area contributed by atoms with Gasteiger partial charge >= 0.3 is 0 Å². The second-order valence-corrected chi connectivity index (χ2v) is 2.27. The smallest absolute Gasteiger partial charge is 0.222 e. The normalized spacial score (nSPS) is 9.00. The Bertz CT molecular complexity index is 195. The molecule has 0 aliphatic rings. The van der Waals surface area contributed by atoms with E-state index in [9.17, 15) is 4.79 Å². The van der Waals surface area contributed by atoms with Gasteiger partial charge in [-0.2, -0.15) is 0 Å². The fraction of sp³-hybridized carbons (Fsp3) is 0.200. The molecule has 4 heteroatoms. The summed E-state index contributed by atoms with van der Waals surface area (Å²) in [5.74, 6) is 0.549. The molecule has 0 spiro atoms. The van der Waals surface area contributed by atoms with Crippen LogP contribution < -0.4 is 5.32 Å². The predicted octanol–water partition coefficient (Wildman–Crippen LogP) is 1.10. The molecule has 0 unspecified atom stereocenters. The Hall–Kier alpha value is -0.900. The number of amides is 1. The number of carbonyl (C=O) groups excluding carboxylic acids is 1. The summed E-state index contributed by atoms with van der Waals surface area (Å²) in [5, 5.41) is 4.32. The Balaban J connectivity index is 2.58. The molecule has 0 aliphatic heterocycles. The maximum atomic E-state index is 10.4. The fourth-order valence-electron chi connectivity index (χ4n) is 0.455. The molecule has 0 aromatic carbocycles. The molecule has 0 fully saturated rings. The molecule has 1 N–H and O–H groups in total. The van der Waals surface area contributed by atoms with Gasteiger partial charge in [0.2, 0.25) is 5.91 Å². The van der Waals surface area contributed by atoms with E-state index in [2.05, 4.69) is 10.3 Å². The molecular formula is C5H6N2OS. The van der Waals surface area contributed by atoms with E-state index in [1.54, 1.807) is 10.9 Å². The highest BCUT2D eigenvalue weighted by Gasteiger charge is 1.93. The lowest BCUT2D eigenvalue weighted by Gasteiger charge is -1.91. The van der Waals surface area contributed by atoms with Crippen molar-refractivity contribution >= 4 is 23.1 Å². The number of thiazole rings is 1. The van der Waals surface area contributed by atoms with E-state index in [1.807, 2.05) is 0 Å². The molecule has 0 saturated carbocycles. The van der Waals surface area contributed by atoms with Crippen molar-refractivity contribution in [2.45, 2.75) is 6.92 Å². The average molecular weight is 142 g/mol.